The standard InChI is InChI=1S/C13H13NO2S/c14-12(13(15)16)7-9-1-3-10(4-2-9)11-5-6-17-8-11/h1-6,8,12H,7,14H2,(H,15,16). The molecule has 1 aromatic carbocycles. The van der Waals surface area contributed by atoms with Gasteiger partial charge in [0.05, 0.1) is 0 Å². The van der Waals surface area contributed by atoms with Gasteiger partial charge < -0.3 is 10.8 Å². The van der Waals surface area contributed by atoms with E-state index in [0.29, 0.717) is 6.42 Å². The second-order valence-electron chi connectivity index (χ2n) is 3.86. The van der Waals surface area contributed by atoms with Gasteiger partial charge in [-0.15, -0.1) is 0 Å². The number of hydrogen-bond donors (Lipinski definition) is 2. The van der Waals surface area contributed by atoms with Gasteiger partial charge in [0.25, 0.3) is 0 Å². The third kappa shape index (κ3) is 2.93. The van der Waals surface area contributed by atoms with Crippen LogP contribution in [0, 0.1) is 0 Å². The van der Waals surface area contributed by atoms with Gasteiger partial charge in [0, 0.05) is 0 Å². The zero-order valence-corrected chi connectivity index (χ0v) is 9.98. The van der Waals surface area contributed by atoms with E-state index >= 15 is 0 Å². The highest BCUT2D eigenvalue weighted by molar-refractivity contribution is 7.08. The summed E-state index contributed by atoms with van der Waals surface area (Å²) in [6.45, 7) is 0. The minimum absolute atomic E-state index is 0.360. The molecule has 3 N–H and O–H groups in total. The molecule has 0 saturated heterocycles. The third-order valence-corrected chi connectivity index (χ3v) is 3.26. The highest BCUT2D eigenvalue weighted by atomic mass is 32.1. The summed E-state index contributed by atoms with van der Waals surface area (Å²) in [4.78, 5) is 10.6. The van der Waals surface area contributed by atoms with Crippen molar-refractivity contribution >= 4 is 17.3 Å². The first-order valence-corrected chi connectivity index (χ1v) is 6.21. The van der Waals surface area contributed by atoms with Gasteiger partial charge in [-0.25, -0.2) is 0 Å². The van der Waals surface area contributed by atoms with Crippen LogP contribution < -0.4 is 5.73 Å². The Morgan fingerprint density at radius 3 is 2.47 bits per heavy atom. The van der Waals surface area contributed by atoms with Gasteiger partial charge in [-0.2, -0.15) is 11.3 Å². The zero-order chi connectivity index (χ0) is 12.3. The van der Waals surface area contributed by atoms with Crippen LogP contribution in [0.1, 0.15) is 5.56 Å². The summed E-state index contributed by atoms with van der Waals surface area (Å²) >= 11 is 1.66. The number of rotatable bonds is 4. The van der Waals surface area contributed by atoms with E-state index in [1.54, 1.807) is 11.3 Å². The first-order chi connectivity index (χ1) is 8.16. The van der Waals surface area contributed by atoms with E-state index in [9.17, 15) is 4.79 Å². The Bertz CT molecular complexity index is 491. The monoisotopic (exact) mass is 247 g/mol. The lowest BCUT2D eigenvalue weighted by Gasteiger charge is -2.06. The summed E-state index contributed by atoms with van der Waals surface area (Å²) in [5.41, 5.74) is 8.75. The van der Waals surface area contributed by atoms with Crippen molar-refractivity contribution < 1.29 is 9.90 Å². The van der Waals surface area contributed by atoms with Crippen LogP contribution in [0.25, 0.3) is 11.1 Å². The van der Waals surface area contributed by atoms with Crippen molar-refractivity contribution in [2.24, 2.45) is 5.73 Å². The Morgan fingerprint density at radius 1 is 1.24 bits per heavy atom. The molecule has 0 aliphatic rings. The number of carboxylic acids is 1. The third-order valence-electron chi connectivity index (χ3n) is 2.58. The SMILES string of the molecule is NC(Cc1ccc(-c2ccsc2)cc1)C(=O)O. The van der Waals surface area contributed by atoms with Crippen LogP contribution in [0.2, 0.25) is 0 Å². The fraction of sp³-hybridized carbons (Fsp3) is 0.154. The average Bonchev–Trinajstić information content (AvgIpc) is 2.83. The van der Waals surface area contributed by atoms with E-state index in [1.807, 2.05) is 29.6 Å². The first kappa shape index (κ1) is 11.8. The Balaban J connectivity index is 2.11. The largest absolute Gasteiger partial charge is 0.480 e. The van der Waals surface area contributed by atoms with Crippen LogP contribution in [0.5, 0.6) is 0 Å². The normalized spacial score (nSPS) is 12.3. The van der Waals surface area contributed by atoms with Gasteiger partial charge in [0.15, 0.2) is 0 Å². The van der Waals surface area contributed by atoms with E-state index in [-0.39, 0.29) is 0 Å². The van der Waals surface area contributed by atoms with Crippen LogP contribution in [0.3, 0.4) is 0 Å². The van der Waals surface area contributed by atoms with E-state index in [1.165, 1.54) is 5.56 Å². The van der Waals surface area contributed by atoms with Crippen molar-refractivity contribution in [3.8, 4) is 11.1 Å². The molecule has 88 valence electrons. The number of thiophene rings is 1. The molecule has 0 saturated carbocycles. The second kappa shape index (κ2) is 5.12. The van der Waals surface area contributed by atoms with Crippen molar-refractivity contribution in [3.05, 3.63) is 46.7 Å². The van der Waals surface area contributed by atoms with E-state index in [0.717, 1.165) is 11.1 Å². The predicted octanol–water partition coefficient (Wildman–Crippen LogP) is 2.37. The molecule has 0 aliphatic heterocycles. The molecule has 2 aromatic rings. The molecule has 1 atom stereocenters. The number of benzene rings is 1. The summed E-state index contributed by atoms with van der Waals surface area (Å²) in [5, 5.41) is 12.8. The smallest absolute Gasteiger partial charge is 0.320 e. The minimum Gasteiger partial charge on any atom is -0.480 e. The maximum atomic E-state index is 10.6. The Morgan fingerprint density at radius 2 is 1.94 bits per heavy atom. The maximum absolute atomic E-state index is 10.6. The molecule has 1 heterocycles. The van der Waals surface area contributed by atoms with Crippen LogP contribution in [0.15, 0.2) is 41.1 Å². The molecule has 1 aromatic heterocycles. The quantitative estimate of drug-likeness (QED) is 0.871. The molecule has 1 unspecified atom stereocenters. The molecule has 2 rings (SSSR count). The highest BCUT2D eigenvalue weighted by Crippen LogP contribution is 2.22. The van der Waals surface area contributed by atoms with Crippen molar-refractivity contribution in [2.45, 2.75) is 12.5 Å². The number of carbonyl (C=O) groups is 1. The zero-order valence-electron chi connectivity index (χ0n) is 9.17. The molecule has 0 radical (unpaired) electrons. The lowest BCUT2D eigenvalue weighted by Crippen LogP contribution is -2.32. The average molecular weight is 247 g/mol. The maximum Gasteiger partial charge on any atom is 0.320 e. The summed E-state index contributed by atoms with van der Waals surface area (Å²) in [5.74, 6) is -0.966. The molecular weight excluding hydrogens is 234 g/mol. The van der Waals surface area contributed by atoms with E-state index in [2.05, 4.69) is 11.4 Å². The molecular formula is C13H13NO2S. The van der Waals surface area contributed by atoms with Gasteiger partial charge in [-0.3, -0.25) is 4.79 Å². The van der Waals surface area contributed by atoms with Gasteiger partial charge >= 0.3 is 5.97 Å². The molecule has 4 heteroatoms. The lowest BCUT2D eigenvalue weighted by molar-refractivity contribution is -0.138. The lowest BCUT2D eigenvalue weighted by atomic mass is 10.0. The number of aliphatic carboxylic acids is 1. The van der Waals surface area contributed by atoms with Crippen molar-refractivity contribution in [1.82, 2.24) is 0 Å². The summed E-state index contributed by atoms with van der Waals surface area (Å²) in [7, 11) is 0. The van der Waals surface area contributed by atoms with E-state index in [4.69, 9.17) is 10.8 Å². The Hall–Kier alpha value is -1.65. The van der Waals surface area contributed by atoms with Crippen LogP contribution >= 0.6 is 11.3 Å². The van der Waals surface area contributed by atoms with Gasteiger partial charge in [0.2, 0.25) is 0 Å². The molecule has 0 aliphatic carbocycles. The fourth-order valence-electron chi connectivity index (χ4n) is 1.60. The summed E-state index contributed by atoms with van der Waals surface area (Å²) < 4.78 is 0. The number of carboxylic acid groups (broad SMARTS) is 1. The Kier molecular flexibility index (Phi) is 3.56. The van der Waals surface area contributed by atoms with Gasteiger partial charge in [-0.05, 0) is 39.9 Å². The van der Waals surface area contributed by atoms with Crippen LogP contribution in [-0.2, 0) is 11.2 Å². The number of hydrogen-bond acceptors (Lipinski definition) is 3. The summed E-state index contributed by atoms with van der Waals surface area (Å²) in [6.07, 6.45) is 0.360. The highest BCUT2D eigenvalue weighted by Gasteiger charge is 2.11. The van der Waals surface area contributed by atoms with Crippen molar-refractivity contribution in [3.63, 3.8) is 0 Å². The minimum atomic E-state index is -0.966. The molecule has 3 nitrogen and oxygen atoms in total. The molecule has 0 fully saturated rings. The molecule has 17 heavy (non-hydrogen) atoms. The fourth-order valence-corrected chi connectivity index (χ4v) is 2.27. The number of nitrogens with two attached hydrogens (primary N) is 1. The van der Waals surface area contributed by atoms with Gasteiger partial charge in [-0.1, -0.05) is 24.3 Å². The van der Waals surface area contributed by atoms with Crippen molar-refractivity contribution in [2.75, 3.05) is 0 Å². The molecule has 0 amide bonds. The topological polar surface area (TPSA) is 63.3 Å². The van der Waals surface area contributed by atoms with Crippen LogP contribution in [-0.4, -0.2) is 17.1 Å². The molecule has 0 bridgehead atoms. The first-order valence-electron chi connectivity index (χ1n) is 5.26. The Labute approximate surface area is 104 Å². The van der Waals surface area contributed by atoms with Crippen LogP contribution in [0.4, 0.5) is 0 Å². The summed E-state index contributed by atoms with van der Waals surface area (Å²) in [6, 6.07) is 9.06. The second-order valence-corrected chi connectivity index (χ2v) is 4.64. The molecule has 0 spiro atoms. The predicted molar refractivity (Wildman–Crippen MR) is 69.1 cm³/mol. The van der Waals surface area contributed by atoms with Crippen molar-refractivity contribution in [1.29, 1.82) is 0 Å². The van der Waals surface area contributed by atoms with E-state index < -0.39 is 12.0 Å². The van der Waals surface area contributed by atoms with Gasteiger partial charge in [0.1, 0.15) is 6.04 Å².